The zero-order chi connectivity index (χ0) is 18.1. The Labute approximate surface area is 154 Å². The number of aliphatic hydroxyl groups excluding tert-OH is 1. The first-order valence-electron chi connectivity index (χ1n) is 9.50. The molecule has 1 fully saturated rings. The molecule has 0 spiro atoms. The fraction of sp³-hybridized carbons (Fsp3) is 0.409. The lowest BCUT2D eigenvalue weighted by Crippen LogP contribution is -2.51. The number of nitrogen functional groups attached to an aromatic ring is 1. The number of likely N-dealkylation sites (tertiary alicyclic amines) is 1. The third-order valence-corrected chi connectivity index (χ3v) is 5.99. The van der Waals surface area contributed by atoms with Gasteiger partial charge in [0.1, 0.15) is 0 Å². The second kappa shape index (κ2) is 7.22. The van der Waals surface area contributed by atoms with Gasteiger partial charge in [-0.3, -0.25) is 9.69 Å². The van der Waals surface area contributed by atoms with E-state index in [1.54, 1.807) is 12.1 Å². The van der Waals surface area contributed by atoms with Gasteiger partial charge in [-0.25, -0.2) is 0 Å². The molecule has 1 aliphatic carbocycles. The first-order chi connectivity index (χ1) is 12.6. The predicted molar refractivity (Wildman–Crippen MR) is 103 cm³/mol. The summed E-state index contributed by atoms with van der Waals surface area (Å²) in [6, 6.07) is 15.8. The number of hydrogen-bond acceptors (Lipinski definition) is 4. The van der Waals surface area contributed by atoms with E-state index in [-0.39, 0.29) is 23.8 Å². The summed E-state index contributed by atoms with van der Waals surface area (Å²) in [6.07, 6.45) is 3.01. The number of ketones is 1. The molecule has 4 nitrogen and oxygen atoms in total. The van der Waals surface area contributed by atoms with Crippen LogP contribution in [0.1, 0.15) is 34.3 Å². The second-order valence-corrected chi connectivity index (χ2v) is 7.61. The number of nitrogens with two attached hydrogens (primary N) is 1. The van der Waals surface area contributed by atoms with Crippen LogP contribution < -0.4 is 5.73 Å². The van der Waals surface area contributed by atoms with Gasteiger partial charge in [-0.2, -0.15) is 0 Å². The van der Waals surface area contributed by atoms with Crippen LogP contribution in [0.5, 0.6) is 0 Å². The topological polar surface area (TPSA) is 66.6 Å². The Morgan fingerprint density at radius 3 is 2.23 bits per heavy atom. The van der Waals surface area contributed by atoms with Crippen LogP contribution >= 0.6 is 0 Å². The quantitative estimate of drug-likeness (QED) is 0.660. The van der Waals surface area contributed by atoms with Crippen molar-refractivity contribution in [3.8, 4) is 0 Å². The van der Waals surface area contributed by atoms with Gasteiger partial charge in [0.2, 0.25) is 0 Å². The van der Waals surface area contributed by atoms with Crippen LogP contribution in [0.3, 0.4) is 0 Å². The van der Waals surface area contributed by atoms with Crippen LogP contribution in [0, 0.1) is 5.92 Å². The van der Waals surface area contributed by atoms with Crippen LogP contribution in [-0.2, 0) is 12.8 Å². The fourth-order valence-corrected chi connectivity index (χ4v) is 4.43. The summed E-state index contributed by atoms with van der Waals surface area (Å²) in [5.74, 6) is 0.294. The maximum absolute atomic E-state index is 12.7. The molecule has 26 heavy (non-hydrogen) atoms. The largest absolute Gasteiger partial charge is 0.399 e. The molecule has 2 aromatic carbocycles. The molecule has 0 saturated carbocycles. The number of aliphatic hydroxyl groups is 1. The first kappa shape index (κ1) is 17.3. The Hall–Kier alpha value is -2.17. The van der Waals surface area contributed by atoms with Gasteiger partial charge < -0.3 is 10.8 Å². The molecule has 0 unspecified atom stereocenters. The molecule has 4 heteroatoms. The van der Waals surface area contributed by atoms with Crippen molar-refractivity contribution in [2.24, 2.45) is 5.92 Å². The number of benzene rings is 2. The molecule has 4 rings (SSSR count). The average molecular weight is 350 g/mol. The SMILES string of the molecule is Nc1ccc(C(=O)C2CCN([C@@H]3Cc4ccccc4C[C@H]3O)CC2)cc1. The van der Waals surface area contributed by atoms with Gasteiger partial charge in [-0.15, -0.1) is 0 Å². The van der Waals surface area contributed by atoms with Crippen LogP contribution in [-0.4, -0.2) is 41.0 Å². The van der Waals surface area contributed by atoms with E-state index >= 15 is 0 Å². The van der Waals surface area contributed by atoms with Crippen LogP contribution in [0.25, 0.3) is 0 Å². The Bertz CT molecular complexity index is 779. The van der Waals surface area contributed by atoms with E-state index in [0.29, 0.717) is 5.69 Å². The highest BCUT2D eigenvalue weighted by Crippen LogP contribution is 2.29. The number of fused-ring (bicyclic) bond motifs is 1. The van der Waals surface area contributed by atoms with Crippen LogP contribution in [0.4, 0.5) is 5.69 Å². The van der Waals surface area contributed by atoms with Gasteiger partial charge in [0.15, 0.2) is 5.78 Å². The zero-order valence-electron chi connectivity index (χ0n) is 15.0. The maximum Gasteiger partial charge on any atom is 0.166 e. The summed E-state index contributed by atoms with van der Waals surface area (Å²) in [5, 5.41) is 10.6. The van der Waals surface area contributed by atoms with Crippen molar-refractivity contribution in [2.45, 2.75) is 37.8 Å². The molecule has 3 N–H and O–H groups in total. The highest BCUT2D eigenvalue weighted by Gasteiger charge is 2.35. The molecular formula is C22H26N2O2. The molecular weight excluding hydrogens is 324 g/mol. The zero-order valence-corrected chi connectivity index (χ0v) is 15.0. The number of carbonyl (C=O) groups is 1. The van der Waals surface area contributed by atoms with Gasteiger partial charge in [0.25, 0.3) is 0 Å². The van der Waals surface area contributed by atoms with E-state index in [9.17, 15) is 9.90 Å². The second-order valence-electron chi connectivity index (χ2n) is 7.61. The summed E-state index contributed by atoms with van der Waals surface area (Å²) in [7, 11) is 0. The van der Waals surface area contributed by atoms with Crippen molar-refractivity contribution in [1.82, 2.24) is 4.90 Å². The van der Waals surface area contributed by atoms with Crippen molar-refractivity contribution in [3.05, 3.63) is 65.2 Å². The van der Waals surface area contributed by atoms with Gasteiger partial charge >= 0.3 is 0 Å². The number of hydrogen-bond donors (Lipinski definition) is 2. The van der Waals surface area contributed by atoms with E-state index in [2.05, 4.69) is 23.1 Å². The molecule has 0 radical (unpaired) electrons. The number of piperidine rings is 1. The van der Waals surface area contributed by atoms with Crippen molar-refractivity contribution in [3.63, 3.8) is 0 Å². The molecule has 2 atom stereocenters. The maximum atomic E-state index is 12.7. The minimum Gasteiger partial charge on any atom is -0.399 e. The van der Waals surface area contributed by atoms with Gasteiger partial charge in [0.05, 0.1) is 6.10 Å². The van der Waals surface area contributed by atoms with Gasteiger partial charge in [-0.1, -0.05) is 24.3 Å². The Balaban J connectivity index is 1.39. The standard InChI is InChI=1S/C22H26N2O2/c23-19-7-5-15(6-8-19)22(26)16-9-11-24(12-10-16)20-13-17-3-1-2-4-18(17)14-21(20)25/h1-8,16,20-21,25H,9-14,23H2/t20-,21-/m1/s1. The smallest absolute Gasteiger partial charge is 0.166 e. The van der Waals surface area contributed by atoms with Crippen molar-refractivity contribution in [1.29, 1.82) is 0 Å². The minimum atomic E-state index is -0.325. The van der Waals surface area contributed by atoms with Crippen molar-refractivity contribution < 1.29 is 9.90 Å². The Kier molecular flexibility index (Phi) is 4.79. The number of rotatable bonds is 3. The summed E-state index contributed by atoms with van der Waals surface area (Å²) in [4.78, 5) is 15.1. The average Bonchev–Trinajstić information content (AvgIpc) is 2.68. The summed E-state index contributed by atoms with van der Waals surface area (Å²) < 4.78 is 0. The van der Waals surface area contributed by atoms with Crippen molar-refractivity contribution in [2.75, 3.05) is 18.8 Å². The van der Waals surface area contributed by atoms with Crippen molar-refractivity contribution >= 4 is 11.5 Å². The normalized spacial score (nSPS) is 24.2. The minimum absolute atomic E-state index is 0.0721. The first-order valence-corrected chi connectivity index (χ1v) is 9.50. The number of carbonyl (C=O) groups excluding carboxylic acids is 1. The monoisotopic (exact) mass is 350 g/mol. The molecule has 136 valence electrons. The predicted octanol–water partition coefficient (Wildman–Crippen LogP) is 2.69. The lowest BCUT2D eigenvalue weighted by Gasteiger charge is -2.41. The van der Waals surface area contributed by atoms with E-state index < -0.39 is 0 Å². The highest BCUT2D eigenvalue weighted by atomic mass is 16.3. The molecule has 0 bridgehead atoms. The van der Waals surface area contributed by atoms with Gasteiger partial charge in [-0.05, 0) is 67.7 Å². The van der Waals surface area contributed by atoms with Crippen LogP contribution in [0.2, 0.25) is 0 Å². The van der Waals surface area contributed by atoms with Gasteiger partial charge in [0, 0.05) is 29.6 Å². The lowest BCUT2D eigenvalue weighted by molar-refractivity contribution is 0.0239. The molecule has 2 aromatic rings. The highest BCUT2D eigenvalue weighted by molar-refractivity contribution is 5.98. The van der Waals surface area contributed by atoms with E-state index in [4.69, 9.17) is 5.73 Å². The molecule has 0 aromatic heterocycles. The molecule has 2 aliphatic rings. The molecule has 1 aliphatic heterocycles. The summed E-state index contributed by atoms with van der Waals surface area (Å²) in [6.45, 7) is 1.74. The molecule has 1 heterocycles. The number of nitrogens with zero attached hydrogens (tertiary/aromatic N) is 1. The fourth-order valence-electron chi connectivity index (χ4n) is 4.43. The third-order valence-electron chi connectivity index (χ3n) is 5.99. The summed E-state index contributed by atoms with van der Waals surface area (Å²) >= 11 is 0. The Morgan fingerprint density at radius 1 is 0.962 bits per heavy atom. The molecule has 1 saturated heterocycles. The Morgan fingerprint density at radius 2 is 1.58 bits per heavy atom. The van der Waals surface area contributed by atoms with E-state index in [0.717, 1.165) is 44.3 Å². The summed E-state index contributed by atoms with van der Waals surface area (Å²) in [5.41, 5.74) is 9.77. The van der Waals surface area contributed by atoms with E-state index in [1.807, 2.05) is 18.2 Å². The van der Waals surface area contributed by atoms with Crippen LogP contribution in [0.15, 0.2) is 48.5 Å². The third kappa shape index (κ3) is 3.39. The number of anilines is 1. The number of Topliss-reactive ketones (excluding diaryl/α,β-unsaturated/α-hetero) is 1. The molecule has 0 amide bonds. The van der Waals surface area contributed by atoms with E-state index in [1.165, 1.54) is 11.1 Å². The lowest BCUT2D eigenvalue weighted by atomic mass is 9.83.